The molecule has 12 heteroatoms. The van der Waals surface area contributed by atoms with E-state index in [0.29, 0.717) is 28.1 Å². The number of amides is 1. The number of benzene rings is 1. The summed E-state index contributed by atoms with van der Waals surface area (Å²) in [6, 6.07) is 8.05. The van der Waals surface area contributed by atoms with E-state index in [4.69, 9.17) is 21.1 Å². The summed E-state index contributed by atoms with van der Waals surface area (Å²) in [7, 11) is 4.43. The molecule has 5 rings (SSSR count). The Labute approximate surface area is 233 Å². The van der Waals surface area contributed by atoms with Gasteiger partial charge in [-0.25, -0.2) is 9.37 Å². The van der Waals surface area contributed by atoms with Gasteiger partial charge in [0, 0.05) is 25.5 Å². The second-order valence-corrected chi connectivity index (χ2v) is 9.90. The topological polar surface area (TPSA) is 115 Å². The maximum Gasteiger partial charge on any atom is 0.319 e. The molecule has 10 nitrogen and oxygen atoms in total. The number of anilines is 1. The second-order valence-electron chi connectivity index (χ2n) is 9.46. The number of aryl methyl sites for hydroxylation is 1. The van der Waals surface area contributed by atoms with Crippen LogP contribution in [-0.4, -0.2) is 39.2 Å². The molecule has 0 aliphatic carbocycles. The van der Waals surface area contributed by atoms with Crippen molar-refractivity contribution in [1.82, 2.24) is 19.1 Å². The molecule has 1 aliphatic rings. The number of nitrogens with zero attached hydrogens (tertiary/aromatic N) is 6. The molecule has 3 aromatic heterocycles. The van der Waals surface area contributed by atoms with E-state index in [0.717, 1.165) is 0 Å². The number of halogens is 2. The molecule has 1 amide bonds. The third kappa shape index (κ3) is 4.17. The zero-order chi connectivity index (χ0) is 28.9. The molecule has 0 radical (unpaired) electrons. The van der Waals surface area contributed by atoms with E-state index in [1.807, 2.05) is 24.5 Å². The summed E-state index contributed by atoms with van der Waals surface area (Å²) in [5.74, 6) is -0.981. The Morgan fingerprint density at radius 2 is 1.88 bits per heavy atom. The third-order valence-electron chi connectivity index (χ3n) is 6.76. The highest BCUT2D eigenvalue weighted by Gasteiger charge is 2.44. The van der Waals surface area contributed by atoms with E-state index in [2.05, 4.69) is 9.97 Å². The Morgan fingerprint density at radius 1 is 1.12 bits per heavy atom. The molecule has 1 unspecified atom stereocenters. The van der Waals surface area contributed by atoms with Gasteiger partial charge in [-0.3, -0.25) is 14.5 Å². The van der Waals surface area contributed by atoms with Gasteiger partial charge in [-0.1, -0.05) is 17.7 Å². The fraction of sp³-hybridized carbons (Fsp3) is 0.250. The molecule has 0 fully saturated rings. The lowest BCUT2D eigenvalue weighted by Gasteiger charge is -2.29. The minimum atomic E-state index is -0.919. The molecule has 40 heavy (non-hydrogen) atoms. The third-order valence-corrected chi connectivity index (χ3v) is 6.97. The minimum Gasteiger partial charge on any atom is -0.480 e. The molecule has 1 aliphatic heterocycles. The standard InChI is InChI=1S/C28H24ClFN6O4/c1-14(2)35-21(19-12-32-28(40-5)33-25(19)39-4)10-18-24(35)23(15-6-7-16(11-31)20(30)8-15)36(26(18)37)22-9-17(29)13-34(3)27(22)38/h6-10,12-14,23H,1-5H3. The Morgan fingerprint density at radius 3 is 2.50 bits per heavy atom. The first-order valence-corrected chi connectivity index (χ1v) is 12.6. The van der Waals surface area contributed by atoms with Crippen molar-refractivity contribution in [2.24, 2.45) is 7.05 Å². The number of carbonyl (C=O) groups excluding carboxylic acids is 1. The summed E-state index contributed by atoms with van der Waals surface area (Å²) in [5.41, 5.74) is 1.74. The first-order chi connectivity index (χ1) is 19.1. The molecule has 0 N–H and O–H groups in total. The van der Waals surface area contributed by atoms with Gasteiger partial charge in [0.05, 0.1) is 47.3 Å². The molecule has 204 valence electrons. The van der Waals surface area contributed by atoms with E-state index < -0.39 is 23.3 Å². The van der Waals surface area contributed by atoms with Crippen LogP contribution in [0, 0.1) is 17.1 Å². The largest absolute Gasteiger partial charge is 0.480 e. The smallest absolute Gasteiger partial charge is 0.319 e. The number of nitriles is 1. The number of fused-ring (bicyclic) bond motifs is 1. The molecule has 0 saturated carbocycles. The first kappa shape index (κ1) is 26.9. The average Bonchev–Trinajstić information content (AvgIpc) is 3.45. The van der Waals surface area contributed by atoms with Gasteiger partial charge in [-0.05, 0) is 43.7 Å². The Balaban J connectivity index is 1.83. The van der Waals surface area contributed by atoms with Crippen LogP contribution < -0.4 is 19.9 Å². The highest BCUT2D eigenvalue weighted by atomic mass is 35.5. The Kier molecular flexibility index (Phi) is 6.81. The lowest BCUT2D eigenvalue weighted by Crippen LogP contribution is -2.35. The van der Waals surface area contributed by atoms with Crippen molar-refractivity contribution >= 4 is 23.2 Å². The van der Waals surface area contributed by atoms with Gasteiger partial charge >= 0.3 is 6.01 Å². The van der Waals surface area contributed by atoms with Crippen molar-refractivity contribution in [3.8, 4) is 29.2 Å². The van der Waals surface area contributed by atoms with Gasteiger partial charge in [0.25, 0.3) is 11.5 Å². The van der Waals surface area contributed by atoms with Crippen molar-refractivity contribution in [2.45, 2.75) is 25.9 Å². The number of methoxy groups -OCH3 is 2. The van der Waals surface area contributed by atoms with Crippen molar-refractivity contribution in [1.29, 1.82) is 5.26 Å². The molecule has 1 aromatic carbocycles. The van der Waals surface area contributed by atoms with Crippen molar-refractivity contribution in [2.75, 3.05) is 19.1 Å². The Bertz CT molecular complexity index is 1770. The van der Waals surface area contributed by atoms with Gasteiger partial charge in [-0.15, -0.1) is 0 Å². The average molecular weight is 563 g/mol. The quantitative estimate of drug-likeness (QED) is 0.336. The zero-order valence-corrected chi connectivity index (χ0v) is 23.0. The lowest BCUT2D eigenvalue weighted by atomic mass is 10.0. The van der Waals surface area contributed by atoms with Crippen LogP contribution in [0.2, 0.25) is 5.02 Å². The number of aromatic nitrogens is 4. The number of carbonyl (C=O) groups is 1. The van der Waals surface area contributed by atoms with Crippen LogP contribution in [0.25, 0.3) is 11.3 Å². The predicted molar refractivity (Wildman–Crippen MR) is 145 cm³/mol. The van der Waals surface area contributed by atoms with E-state index in [1.54, 1.807) is 18.3 Å². The van der Waals surface area contributed by atoms with Crippen LogP contribution in [0.1, 0.15) is 53.1 Å². The maximum absolute atomic E-state index is 14.9. The van der Waals surface area contributed by atoms with E-state index in [-0.39, 0.29) is 34.2 Å². The Hall–Kier alpha value is -4.69. The van der Waals surface area contributed by atoms with Crippen LogP contribution in [0.5, 0.6) is 11.9 Å². The van der Waals surface area contributed by atoms with Crippen LogP contribution in [0.15, 0.2) is 47.5 Å². The monoisotopic (exact) mass is 562 g/mol. The number of hydrogen-bond acceptors (Lipinski definition) is 7. The number of ether oxygens (including phenoxy) is 2. The molecule has 0 bridgehead atoms. The van der Waals surface area contributed by atoms with Gasteiger partial charge in [0.15, 0.2) is 0 Å². The van der Waals surface area contributed by atoms with Crippen LogP contribution in [0.4, 0.5) is 10.1 Å². The summed E-state index contributed by atoms with van der Waals surface area (Å²) >= 11 is 6.30. The van der Waals surface area contributed by atoms with Crippen LogP contribution in [0.3, 0.4) is 0 Å². The zero-order valence-electron chi connectivity index (χ0n) is 22.3. The molecule has 0 spiro atoms. The normalized spacial score (nSPS) is 14.4. The molecule has 1 atom stereocenters. The van der Waals surface area contributed by atoms with Crippen LogP contribution >= 0.6 is 11.6 Å². The second kappa shape index (κ2) is 10.1. The summed E-state index contributed by atoms with van der Waals surface area (Å²) in [6.45, 7) is 3.87. The molecule has 4 aromatic rings. The predicted octanol–water partition coefficient (Wildman–Crippen LogP) is 4.66. The van der Waals surface area contributed by atoms with Gasteiger partial charge in [0.2, 0.25) is 5.88 Å². The number of rotatable bonds is 6. The molecular weight excluding hydrogens is 539 g/mol. The SMILES string of the molecule is COc1ncc(-c2cc3c(n2C(C)C)C(c2ccc(C#N)c(F)c2)N(c2cc(Cl)cn(C)c2=O)C3=O)c(OC)n1. The summed E-state index contributed by atoms with van der Waals surface area (Å²) < 4.78 is 28.8. The van der Waals surface area contributed by atoms with E-state index in [9.17, 15) is 19.2 Å². The fourth-order valence-corrected chi connectivity index (χ4v) is 5.33. The maximum atomic E-state index is 14.9. The highest BCUT2D eigenvalue weighted by Crippen LogP contribution is 2.46. The summed E-state index contributed by atoms with van der Waals surface area (Å²) in [4.78, 5) is 37.2. The van der Waals surface area contributed by atoms with E-state index in [1.165, 1.54) is 55.1 Å². The van der Waals surface area contributed by atoms with Crippen molar-refractivity contribution in [3.05, 3.63) is 86.3 Å². The number of pyridine rings is 1. The lowest BCUT2D eigenvalue weighted by molar-refractivity contribution is 0.0993. The van der Waals surface area contributed by atoms with E-state index >= 15 is 0 Å². The van der Waals surface area contributed by atoms with Gasteiger partial charge in [0.1, 0.15) is 23.6 Å². The molecule has 0 saturated heterocycles. The highest BCUT2D eigenvalue weighted by molar-refractivity contribution is 6.30. The summed E-state index contributed by atoms with van der Waals surface area (Å²) in [6.07, 6.45) is 2.99. The molecule has 4 heterocycles. The van der Waals surface area contributed by atoms with Crippen molar-refractivity contribution in [3.63, 3.8) is 0 Å². The van der Waals surface area contributed by atoms with Crippen LogP contribution in [-0.2, 0) is 7.05 Å². The van der Waals surface area contributed by atoms with Gasteiger partial charge < -0.3 is 18.6 Å². The first-order valence-electron chi connectivity index (χ1n) is 12.2. The summed E-state index contributed by atoms with van der Waals surface area (Å²) in [5, 5.41) is 9.53. The minimum absolute atomic E-state index is 0.0354. The number of hydrogen-bond donors (Lipinski definition) is 0. The van der Waals surface area contributed by atoms with Gasteiger partial charge in [-0.2, -0.15) is 10.2 Å². The van der Waals surface area contributed by atoms with Crippen molar-refractivity contribution < 1.29 is 18.7 Å². The fourth-order valence-electron chi connectivity index (χ4n) is 5.08. The molecular formula is C28H24ClFN6O4.